The number of hydrogen-bond acceptors (Lipinski definition) is 3. The average molecular weight is 315 g/mol. The molecule has 0 aliphatic rings. The Morgan fingerprint density at radius 1 is 1.20 bits per heavy atom. The van der Waals surface area contributed by atoms with Crippen LogP contribution in [0, 0.1) is 9.52 Å². The van der Waals surface area contributed by atoms with E-state index < -0.39 is 0 Å². The summed E-state index contributed by atoms with van der Waals surface area (Å²) in [7, 11) is 0. The summed E-state index contributed by atoms with van der Waals surface area (Å²) in [6, 6.07) is 1.48. The lowest BCUT2D eigenvalue weighted by Gasteiger charge is -2.00. The topological polar surface area (TPSA) is 38.7 Å². The van der Waals surface area contributed by atoms with Crippen molar-refractivity contribution in [1.82, 2.24) is 15.0 Å². The van der Waals surface area contributed by atoms with Crippen molar-refractivity contribution in [3.05, 3.63) is 51.6 Å². The van der Waals surface area contributed by atoms with Crippen molar-refractivity contribution in [3.8, 4) is 0 Å². The Kier molecular flexibility index (Phi) is 3.20. The minimum Gasteiger partial charge on any atom is -0.261 e. The van der Waals surface area contributed by atoms with Crippen LogP contribution in [-0.4, -0.2) is 15.0 Å². The van der Waals surface area contributed by atoms with Crippen LogP contribution in [0.25, 0.3) is 0 Å². The van der Waals surface area contributed by atoms with E-state index in [9.17, 15) is 4.39 Å². The van der Waals surface area contributed by atoms with Gasteiger partial charge >= 0.3 is 0 Å². The summed E-state index contributed by atoms with van der Waals surface area (Å²) in [5.41, 5.74) is 1.60. The van der Waals surface area contributed by atoms with E-state index >= 15 is 0 Å². The summed E-state index contributed by atoms with van der Waals surface area (Å²) < 4.78 is 13.6. The van der Waals surface area contributed by atoms with Crippen LogP contribution in [0.5, 0.6) is 0 Å². The van der Waals surface area contributed by atoms with Gasteiger partial charge in [0.15, 0.2) is 5.82 Å². The third-order valence-electron chi connectivity index (χ3n) is 1.85. The lowest BCUT2D eigenvalue weighted by molar-refractivity contribution is 0.609. The molecule has 0 unspecified atom stereocenters. The van der Waals surface area contributed by atoms with Crippen molar-refractivity contribution in [2.45, 2.75) is 6.42 Å². The molecule has 0 saturated carbocycles. The van der Waals surface area contributed by atoms with E-state index in [1.165, 1.54) is 6.07 Å². The van der Waals surface area contributed by atoms with E-state index in [2.05, 4.69) is 15.0 Å². The molecule has 0 bridgehead atoms. The maximum atomic E-state index is 13.2. The van der Waals surface area contributed by atoms with Gasteiger partial charge < -0.3 is 0 Å². The van der Waals surface area contributed by atoms with Crippen molar-refractivity contribution in [1.29, 1.82) is 0 Å². The van der Waals surface area contributed by atoms with Gasteiger partial charge in [0.1, 0.15) is 3.70 Å². The fraction of sp³-hybridized carbons (Fsp3) is 0.100. The zero-order valence-electron chi connectivity index (χ0n) is 7.69. The minimum atomic E-state index is -0.294. The molecule has 0 aromatic carbocycles. The van der Waals surface area contributed by atoms with Crippen molar-refractivity contribution in [2.75, 3.05) is 0 Å². The van der Waals surface area contributed by atoms with Crippen molar-refractivity contribution < 1.29 is 4.39 Å². The first kappa shape index (κ1) is 10.4. The Morgan fingerprint density at radius 2 is 2.07 bits per heavy atom. The predicted molar refractivity (Wildman–Crippen MR) is 61.8 cm³/mol. The van der Waals surface area contributed by atoms with E-state index in [0.717, 1.165) is 11.3 Å². The zero-order valence-corrected chi connectivity index (χ0v) is 9.85. The highest BCUT2D eigenvalue weighted by Crippen LogP contribution is 2.11. The molecule has 0 radical (unpaired) electrons. The molecule has 3 nitrogen and oxygen atoms in total. The average Bonchev–Trinajstić information content (AvgIpc) is 2.25. The molecular formula is C10H7FIN3. The number of rotatable bonds is 2. The normalized spacial score (nSPS) is 10.3. The van der Waals surface area contributed by atoms with E-state index in [1.807, 2.05) is 22.6 Å². The van der Waals surface area contributed by atoms with Gasteiger partial charge in [-0.2, -0.15) is 0 Å². The standard InChI is InChI=1S/C10H7FIN3/c11-9-4-7(5-15-10(9)12)3-8-6-13-1-2-14-8/h1-2,4-6H,3H2. The quantitative estimate of drug-likeness (QED) is 0.630. The van der Waals surface area contributed by atoms with Crippen LogP contribution in [0.2, 0.25) is 0 Å². The molecule has 0 aliphatic carbocycles. The second-order valence-electron chi connectivity index (χ2n) is 2.99. The summed E-state index contributed by atoms with van der Waals surface area (Å²) in [5.74, 6) is -0.294. The molecule has 0 atom stereocenters. The summed E-state index contributed by atoms with van der Waals surface area (Å²) in [6.45, 7) is 0. The molecule has 2 rings (SSSR count). The van der Waals surface area contributed by atoms with Crippen LogP contribution in [0.15, 0.2) is 30.9 Å². The molecule has 76 valence electrons. The van der Waals surface area contributed by atoms with Gasteiger partial charge in [0, 0.05) is 31.2 Å². The van der Waals surface area contributed by atoms with Crippen LogP contribution in [0.1, 0.15) is 11.3 Å². The van der Waals surface area contributed by atoms with E-state index in [0.29, 0.717) is 10.1 Å². The van der Waals surface area contributed by atoms with E-state index in [-0.39, 0.29) is 5.82 Å². The van der Waals surface area contributed by atoms with Gasteiger partial charge in [0.2, 0.25) is 0 Å². The van der Waals surface area contributed by atoms with Gasteiger partial charge in [-0.3, -0.25) is 9.97 Å². The lowest BCUT2D eigenvalue weighted by Crippen LogP contribution is -1.96. The molecule has 2 aromatic rings. The molecule has 15 heavy (non-hydrogen) atoms. The molecule has 2 heterocycles. The number of nitrogens with zero attached hydrogens (tertiary/aromatic N) is 3. The maximum Gasteiger partial charge on any atom is 0.155 e. The fourth-order valence-corrected chi connectivity index (χ4v) is 1.48. The monoisotopic (exact) mass is 315 g/mol. The smallest absolute Gasteiger partial charge is 0.155 e. The Hall–Kier alpha value is -1.11. The summed E-state index contributed by atoms with van der Waals surface area (Å²) >= 11 is 1.86. The second kappa shape index (κ2) is 4.61. The fourth-order valence-electron chi connectivity index (χ4n) is 1.19. The van der Waals surface area contributed by atoms with Crippen molar-refractivity contribution >= 4 is 22.6 Å². The highest BCUT2D eigenvalue weighted by atomic mass is 127. The van der Waals surface area contributed by atoms with Crippen LogP contribution in [0.3, 0.4) is 0 Å². The first-order chi connectivity index (χ1) is 7.25. The Balaban J connectivity index is 2.22. The van der Waals surface area contributed by atoms with Crippen LogP contribution < -0.4 is 0 Å². The van der Waals surface area contributed by atoms with E-state index in [4.69, 9.17) is 0 Å². The Morgan fingerprint density at radius 3 is 2.73 bits per heavy atom. The largest absolute Gasteiger partial charge is 0.261 e. The lowest BCUT2D eigenvalue weighted by atomic mass is 10.2. The first-order valence-corrected chi connectivity index (χ1v) is 5.38. The first-order valence-electron chi connectivity index (χ1n) is 4.30. The van der Waals surface area contributed by atoms with Gasteiger partial charge in [0.05, 0.1) is 5.69 Å². The number of hydrogen-bond donors (Lipinski definition) is 0. The number of pyridine rings is 1. The molecule has 2 aromatic heterocycles. The SMILES string of the molecule is Fc1cc(Cc2cnccn2)cnc1I. The highest BCUT2D eigenvalue weighted by Gasteiger charge is 2.03. The highest BCUT2D eigenvalue weighted by molar-refractivity contribution is 14.1. The third-order valence-corrected chi connectivity index (χ3v) is 2.65. The number of halogens is 2. The van der Waals surface area contributed by atoms with E-state index in [1.54, 1.807) is 24.8 Å². The molecule has 0 saturated heterocycles. The minimum absolute atomic E-state index is 0.294. The molecule has 0 amide bonds. The zero-order chi connectivity index (χ0) is 10.7. The van der Waals surface area contributed by atoms with Gasteiger partial charge in [-0.25, -0.2) is 9.37 Å². The Bertz CT molecular complexity index is 461. The second-order valence-corrected chi connectivity index (χ2v) is 4.01. The van der Waals surface area contributed by atoms with Gasteiger partial charge in [-0.1, -0.05) is 0 Å². The summed E-state index contributed by atoms with van der Waals surface area (Å²) in [4.78, 5) is 12.0. The molecule has 0 aliphatic heterocycles. The van der Waals surface area contributed by atoms with Gasteiger partial charge in [-0.15, -0.1) is 0 Å². The summed E-state index contributed by atoms with van der Waals surface area (Å²) in [6.07, 6.45) is 7.09. The van der Waals surface area contributed by atoms with Crippen molar-refractivity contribution in [3.63, 3.8) is 0 Å². The molecule has 0 spiro atoms. The van der Waals surface area contributed by atoms with Crippen LogP contribution >= 0.6 is 22.6 Å². The molecule has 5 heteroatoms. The van der Waals surface area contributed by atoms with Crippen LogP contribution in [0.4, 0.5) is 4.39 Å². The van der Waals surface area contributed by atoms with Crippen LogP contribution in [-0.2, 0) is 6.42 Å². The maximum absolute atomic E-state index is 13.2. The van der Waals surface area contributed by atoms with Gasteiger partial charge in [-0.05, 0) is 34.2 Å². The molecular weight excluding hydrogens is 308 g/mol. The third kappa shape index (κ3) is 2.68. The molecule has 0 fully saturated rings. The predicted octanol–water partition coefficient (Wildman–Crippen LogP) is 2.21. The Labute approximate surface area is 99.9 Å². The van der Waals surface area contributed by atoms with Gasteiger partial charge in [0.25, 0.3) is 0 Å². The molecule has 0 N–H and O–H groups in total. The summed E-state index contributed by atoms with van der Waals surface area (Å²) in [5, 5.41) is 0. The van der Waals surface area contributed by atoms with Crippen molar-refractivity contribution in [2.24, 2.45) is 0 Å². The number of aromatic nitrogens is 3.